The SMILES string of the molecule is CN=Cc1ccc2c(c1)C1(c3ccccc3O2)c2ccccc2-c2cc3ccc(-c4nc(-c5ccccc5)nc(-c5ccccc5)n4)cc3cc21. The first kappa shape index (κ1) is 29.2. The maximum atomic E-state index is 6.62. The maximum absolute atomic E-state index is 6.62. The predicted molar refractivity (Wildman–Crippen MR) is 205 cm³/mol. The van der Waals surface area contributed by atoms with Gasteiger partial charge < -0.3 is 4.74 Å². The second kappa shape index (κ2) is 11.4. The highest BCUT2D eigenvalue weighted by Crippen LogP contribution is 2.62. The van der Waals surface area contributed by atoms with Gasteiger partial charge in [0.05, 0.1) is 5.41 Å². The number of hydrogen-bond acceptors (Lipinski definition) is 5. The van der Waals surface area contributed by atoms with E-state index >= 15 is 0 Å². The van der Waals surface area contributed by atoms with E-state index in [2.05, 4.69) is 96.0 Å². The first-order chi connectivity index (χ1) is 25.2. The van der Waals surface area contributed by atoms with Gasteiger partial charge >= 0.3 is 0 Å². The smallest absolute Gasteiger partial charge is 0.164 e. The van der Waals surface area contributed by atoms with E-state index in [0.29, 0.717) is 17.5 Å². The average molecular weight is 655 g/mol. The van der Waals surface area contributed by atoms with Crippen LogP contribution in [0.4, 0.5) is 0 Å². The quantitative estimate of drug-likeness (QED) is 0.177. The second-order valence-corrected chi connectivity index (χ2v) is 13.0. The molecule has 0 bridgehead atoms. The Bertz CT molecular complexity index is 2630. The Kier molecular flexibility index (Phi) is 6.55. The summed E-state index contributed by atoms with van der Waals surface area (Å²) < 4.78 is 6.62. The number of benzene rings is 7. The normalized spacial score (nSPS) is 15.3. The van der Waals surface area contributed by atoms with Gasteiger partial charge in [-0.15, -0.1) is 0 Å². The fraction of sp³-hybridized carbons (Fsp3) is 0.0435. The molecule has 2 heterocycles. The Balaban J connectivity index is 1.23. The van der Waals surface area contributed by atoms with Crippen molar-refractivity contribution in [2.24, 2.45) is 4.99 Å². The van der Waals surface area contributed by atoms with Crippen LogP contribution in [0.5, 0.6) is 11.5 Å². The van der Waals surface area contributed by atoms with Crippen molar-refractivity contribution in [2.75, 3.05) is 7.05 Å². The third kappa shape index (κ3) is 4.48. The molecule has 1 aliphatic carbocycles. The van der Waals surface area contributed by atoms with Crippen LogP contribution in [0.25, 0.3) is 56.1 Å². The largest absolute Gasteiger partial charge is 0.457 e. The highest BCUT2D eigenvalue weighted by molar-refractivity contribution is 5.98. The molecule has 2 aliphatic rings. The average Bonchev–Trinajstić information content (AvgIpc) is 3.47. The van der Waals surface area contributed by atoms with Crippen molar-refractivity contribution < 1.29 is 4.74 Å². The van der Waals surface area contributed by atoms with Crippen LogP contribution in [0.3, 0.4) is 0 Å². The summed E-state index contributed by atoms with van der Waals surface area (Å²) in [6, 6.07) is 55.1. The summed E-state index contributed by atoms with van der Waals surface area (Å²) in [5.41, 5.74) is 10.4. The number of ether oxygens (including phenoxy) is 1. The minimum absolute atomic E-state index is 0.591. The lowest BCUT2D eigenvalue weighted by Crippen LogP contribution is -2.32. The van der Waals surface area contributed by atoms with Gasteiger partial charge in [-0.1, -0.05) is 115 Å². The van der Waals surface area contributed by atoms with Gasteiger partial charge in [-0.25, -0.2) is 15.0 Å². The first-order valence-corrected chi connectivity index (χ1v) is 17.1. The lowest BCUT2D eigenvalue weighted by molar-refractivity contribution is 0.436. The summed E-state index contributed by atoms with van der Waals surface area (Å²) in [7, 11) is 1.81. The van der Waals surface area contributed by atoms with Crippen molar-refractivity contribution >= 4 is 17.0 Å². The molecular weight excluding hydrogens is 625 g/mol. The standard InChI is InChI=1S/C46H30N4O/c1-47-28-29-20-23-42-40(24-29)46(38-18-10-11-19-41(38)51-42)37-17-9-8-16-35(37)36-26-32-21-22-33(25-34(32)27-39(36)46)45-49-43(30-12-4-2-5-13-30)48-44(50-45)31-14-6-3-7-15-31/h2-28H,1H3. The molecule has 5 heteroatoms. The summed E-state index contributed by atoms with van der Waals surface area (Å²) in [5, 5.41) is 2.26. The molecule has 0 saturated carbocycles. The van der Waals surface area contributed by atoms with Crippen LogP contribution in [0.2, 0.25) is 0 Å². The summed E-state index contributed by atoms with van der Waals surface area (Å²) in [6.07, 6.45) is 1.91. The lowest BCUT2D eigenvalue weighted by Gasteiger charge is -2.39. The summed E-state index contributed by atoms with van der Waals surface area (Å²) >= 11 is 0. The number of fused-ring (bicyclic) bond motifs is 10. The van der Waals surface area contributed by atoms with Gasteiger partial charge in [0.25, 0.3) is 0 Å². The Hall–Kier alpha value is -6.72. The Morgan fingerprint density at radius 2 is 1.10 bits per heavy atom. The molecule has 1 atom stereocenters. The van der Waals surface area contributed by atoms with Crippen LogP contribution < -0.4 is 4.74 Å². The zero-order valence-electron chi connectivity index (χ0n) is 27.8. The number of rotatable bonds is 4. The fourth-order valence-corrected chi connectivity index (χ4v) is 7.97. The summed E-state index contributed by atoms with van der Waals surface area (Å²) in [6.45, 7) is 0. The summed E-state index contributed by atoms with van der Waals surface area (Å²) in [5.74, 6) is 3.64. The van der Waals surface area contributed by atoms with Gasteiger partial charge in [0.1, 0.15) is 11.5 Å². The van der Waals surface area contributed by atoms with Crippen molar-refractivity contribution in [1.29, 1.82) is 0 Å². The summed E-state index contributed by atoms with van der Waals surface area (Å²) in [4.78, 5) is 19.3. The molecule has 5 nitrogen and oxygen atoms in total. The van der Waals surface area contributed by atoms with E-state index in [1.807, 2.05) is 80.0 Å². The number of para-hydroxylation sites is 1. The van der Waals surface area contributed by atoms with Crippen molar-refractivity contribution in [3.05, 3.63) is 186 Å². The third-order valence-electron chi connectivity index (χ3n) is 10.2. The van der Waals surface area contributed by atoms with Gasteiger partial charge in [0.2, 0.25) is 0 Å². The Morgan fingerprint density at radius 3 is 1.82 bits per heavy atom. The molecule has 1 spiro atoms. The first-order valence-electron chi connectivity index (χ1n) is 17.1. The molecule has 7 aromatic carbocycles. The molecule has 240 valence electrons. The highest BCUT2D eigenvalue weighted by Gasteiger charge is 2.51. The van der Waals surface area contributed by atoms with Crippen molar-refractivity contribution in [3.8, 4) is 56.8 Å². The number of aromatic nitrogens is 3. The van der Waals surface area contributed by atoms with E-state index in [-0.39, 0.29) is 0 Å². The molecule has 0 fully saturated rings. The highest BCUT2D eigenvalue weighted by atomic mass is 16.5. The van der Waals surface area contributed by atoms with E-state index in [9.17, 15) is 0 Å². The second-order valence-electron chi connectivity index (χ2n) is 13.0. The molecule has 1 aliphatic heterocycles. The van der Waals surface area contributed by atoms with Gasteiger partial charge in [0.15, 0.2) is 17.5 Å². The van der Waals surface area contributed by atoms with Crippen LogP contribution in [0.1, 0.15) is 27.8 Å². The Labute approximate surface area is 295 Å². The lowest BCUT2D eigenvalue weighted by atomic mass is 9.65. The molecule has 8 aromatic rings. The molecule has 0 saturated heterocycles. The molecule has 1 unspecified atom stereocenters. The molecule has 0 amide bonds. The topological polar surface area (TPSA) is 60.3 Å². The minimum Gasteiger partial charge on any atom is -0.457 e. The van der Waals surface area contributed by atoms with Gasteiger partial charge in [-0.3, -0.25) is 4.99 Å². The number of aliphatic imine (C=N–C) groups is 1. The maximum Gasteiger partial charge on any atom is 0.164 e. The molecule has 51 heavy (non-hydrogen) atoms. The van der Waals surface area contributed by atoms with Crippen LogP contribution >= 0.6 is 0 Å². The van der Waals surface area contributed by atoms with Crippen LogP contribution in [-0.4, -0.2) is 28.2 Å². The van der Waals surface area contributed by atoms with E-state index in [4.69, 9.17) is 19.7 Å². The third-order valence-corrected chi connectivity index (χ3v) is 10.2. The van der Waals surface area contributed by atoms with E-state index < -0.39 is 5.41 Å². The minimum atomic E-state index is -0.591. The van der Waals surface area contributed by atoms with Crippen LogP contribution in [0, 0.1) is 0 Å². The van der Waals surface area contributed by atoms with Crippen LogP contribution in [-0.2, 0) is 5.41 Å². The number of hydrogen-bond donors (Lipinski definition) is 0. The zero-order chi connectivity index (χ0) is 33.9. The zero-order valence-corrected chi connectivity index (χ0v) is 27.8. The van der Waals surface area contributed by atoms with Crippen molar-refractivity contribution in [2.45, 2.75) is 5.41 Å². The monoisotopic (exact) mass is 654 g/mol. The molecule has 0 N–H and O–H groups in total. The van der Waals surface area contributed by atoms with Gasteiger partial charge in [-0.2, -0.15) is 0 Å². The molecule has 0 radical (unpaired) electrons. The van der Waals surface area contributed by atoms with Crippen molar-refractivity contribution in [3.63, 3.8) is 0 Å². The van der Waals surface area contributed by atoms with Crippen molar-refractivity contribution in [1.82, 2.24) is 15.0 Å². The number of nitrogens with zero attached hydrogens (tertiary/aromatic N) is 4. The predicted octanol–water partition coefficient (Wildman–Crippen LogP) is 10.5. The van der Waals surface area contributed by atoms with Crippen LogP contribution in [0.15, 0.2) is 163 Å². The molecule has 10 rings (SSSR count). The molecule has 1 aromatic heterocycles. The van der Waals surface area contributed by atoms with Gasteiger partial charge in [-0.05, 0) is 81.1 Å². The van der Waals surface area contributed by atoms with E-state index in [1.165, 1.54) is 22.3 Å². The van der Waals surface area contributed by atoms with E-state index in [0.717, 1.165) is 55.7 Å². The molecular formula is C46H30N4O. The Morgan fingerprint density at radius 1 is 0.471 bits per heavy atom. The van der Waals surface area contributed by atoms with E-state index in [1.54, 1.807) is 0 Å². The fourth-order valence-electron chi connectivity index (χ4n) is 7.97. The van der Waals surface area contributed by atoms with Gasteiger partial charge in [0, 0.05) is 41.1 Å².